The van der Waals surface area contributed by atoms with Crippen molar-refractivity contribution in [2.75, 3.05) is 0 Å². The summed E-state index contributed by atoms with van der Waals surface area (Å²) in [6, 6.07) is 3.13. The van der Waals surface area contributed by atoms with Crippen LogP contribution >= 0.6 is 0 Å². The van der Waals surface area contributed by atoms with Gasteiger partial charge in [-0.1, -0.05) is 32.9 Å². The zero-order valence-electron chi connectivity index (χ0n) is 15.1. The van der Waals surface area contributed by atoms with Gasteiger partial charge in [0, 0.05) is 6.54 Å². The van der Waals surface area contributed by atoms with Crippen molar-refractivity contribution in [2.45, 2.75) is 58.4 Å². The van der Waals surface area contributed by atoms with Gasteiger partial charge in [-0.3, -0.25) is 14.9 Å². The number of alkyl halides is 3. The molecule has 26 heavy (non-hydrogen) atoms. The molecule has 8 heteroatoms. The van der Waals surface area contributed by atoms with E-state index in [4.69, 9.17) is 5.11 Å². The number of halogens is 3. The van der Waals surface area contributed by atoms with Crippen LogP contribution in [0.1, 0.15) is 44.7 Å². The van der Waals surface area contributed by atoms with Crippen LogP contribution in [0.2, 0.25) is 0 Å². The van der Waals surface area contributed by atoms with Crippen molar-refractivity contribution in [3.63, 3.8) is 0 Å². The van der Waals surface area contributed by atoms with E-state index in [0.29, 0.717) is 18.4 Å². The van der Waals surface area contributed by atoms with Gasteiger partial charge in [-0.15, -0.1) is 0 Å². The van der Waals surface area contributed by atoms with E-state index in [-0.39, 0.29) is 12.5 Å². The second-order valence-electron chi connectivity index (χ2n) is 6.56. The van der Waals surface area contributed by atoms with E-state index in [1.54, 1.807) is 6.92 Å². The van der Waals surface area contributed by atoms with E-state index >= 15 is 0 Å². The maximum Gasteiger partial charge on any atom is 0.416 e. The van der Waals surface area contributed by atoms with E-state index in [1.807, 2.05) is 13.8 Å². The highest BCUT2D eigenvalue weighted by atomic mass is 19.4. The van der Waals surface area contributed by atoms with Gasteiger partial charge in [0.15, 0.2) is 0 Å². The summed E-state index contributed by atoms with van der Waals surface area (Å²) in [7, 11) is 0. The number of carbonyl (C=O) groups is 2. The van der Waals surface area contributed by atoms with Crippen molar-refractivity contribution in [3.8, 4) is 0 Å². The molecule has 0 aliphatic carbocycles. The fourth-order valence-corrected chi connectivity index (χ4v) is 2.50. The molecule has 0 heterocycles. The monoisotopic (exact) mass is 374 g/mol. The van der Waals surface area contributed by atoms with Crippen LogP contribution in [0.4, 0.5) is 13.2 Å². The Balaban J connectivity index is 2.79. The summed E-state index contributed by atoms with van der Waals surface area (Å²) in [5, 5.41) is 14.6. The van der Waals surface area contributed by atoms with E-state index in [9.17, 15) is 22.8 Å². The first-order valence-corrected chi connectivity index (χ1v) is 8.47. The minimum absolute atomic E-state index is 0.0666. The highest BCUT2D eigenvalue weighted by molar-refractivity contribution is 5.83. The Morgan fingerprint density at radius 2 is 1.85 bits per heavy atom. The van der Waals surface area contributed by atoms with Gasteiger partial charge in [0.2, 0.25) is 5.91 Å². The van der Waals surface area contributed by atoms with E-state index in [2.05, 4.69) is 10.6 Å². The number of rotatable bonds is 9. The third-order valence-electron chi connectivity index (χ3n) is 3.85. The number of benzene rings is 1. The summed E-state index contributed by atoms with van der Waals surface area (Å²) < 4.78 is 38.2. The van der Waals surface area contributed by atoms with Crippen LogP contribution in [0.25, 0.3) is 0 Å². The van der Waals surface area contributed by atoms with Crippen LogP contribution in [0.15, 0.2) is 24.3 Å². The predicted molar refractivity (Wildman–Crippen MR) is 91.4 cm³/mol. The fraction of sp³-hybridized carbons (Fsp3) is 0.556. The Bertz CT molecular complexity index is 618. The van der Waals surface area contributed by atoms with Gasteiger partial charge in [-0.2, -0.15) is 13.2 Å². The van der Waals surface area contributed by atoms with Gasteiger partial charge in [0.1, 0.15) is 6.04 Å². The number of aliphatic carboxylic acids is 1. The van der Waals surface area contributed by atoms with Crippen LogP contribution in [-0.4, -0.2) is 29.1 Å². The Labute approximate surface area is 151 Å². The number of hydrogen-bond donors (Lipinski definition) is 3. The molecular formula is C18H25F3N2O3. The highest BCUT2D eigenvalue weighted by Gasteiger charge is 2.30. The lowest BCUT2D eigenvalue weighted by molar-refractivity contribution is -0.140. The van der Waals surface area contributed by atoms with Crippen LogP contribution in [0.3, 0.4) is 0 Å². The van der Waals surface area contributed by atoms with Gasteiger partial charge < -0.3 is 10.4 Å². The highest BCUT2D eigenvalue weighted by Crippen LogP contribution is 2.29. The normalized spacial score (nSPS) is 14.1. The Morgan fingerprint density at radius 3 is 2.35 bits per heavy atom. The first kappa shape index (κ1) is 22.0. The molecule has 3 N–H and O–H groups in total. The Kier molecular flexibility index (Phi) is 8.08. The van der Waals surface area contributed by atoms with Crippen molar-refractivity contribution in [2.24, 2.45) is 5.92 Å². The minimum Gasteiger partial charge on any atom is -0.480 e. The summed E-state index contributed by atoms with van der Waals surface area (Å²) in [4.78, 5) is 23.6. The SMILES string of the molecule is CC[C@@H](N[C@@H](CC(C)C)C(=O)NCc1cccc(C(F)(F)F)c1)C(=O)O. The van der Waals surface area contributed by atoms with Gasteiger partial charge in [-0.25, -0.2) is 0 Å². The topological polar surface area (TPSA) is 78.4 Å². The fourth-order valence-electron chi connectivity index (χ4n) is 2.50. The summed E-state index contributed by atoms with van der Waals surface area (Å²) in [6.45, 7) is 5.43. The Hall–Kier alpha value is -2.09. The summed E-state index contributed by atoms with van der Waals surface area (Å²) in [6.07, 6.45) is -3.72. The molecule has 0 aromatic heterocycles. The average molecular weight is 374 g/mol. The van der Waals surface area contributed by atoms with Gasteiger partial charge in [0.05, 0.1) is 11.6 Å². The maximum atomic E-state index is 12.7. The number of nitrogens with one attached hydrogen (secondary N) is 2. The molecule has 0 radical (unpaired) electrons. The van der Waals surface area contributed by atoms with Gasteiger partial charge in [-0.05, 0) is 36.5 Å². The van der Waals surface area contributed by atoms with Gasteiger partial charge in [0.25, 0.3) is 0 Å². The molecule has 2 atom stereocenters. The second kappa shape index (κ2) is 9.56. The molecule has 0 aliphatic heterocycles. The summed E-state index contributed by atoms with van der Waals surface area (Å²) in [5.74, 6) is -1.35. The molecule has 0 fully saturated rings. The molecule has 0 aliphatic rings. The molecule has 1 aromatic rings. The molecule has 1 aromatic carbocycles. The predicted octanol–water partition coefficient (Wildman–Crippen LogP) is 3.19. The van der Waals surface area contributed by atoms with Crippen molar-refractivity contribution in [1.82, 2.24) is 10.6 Å². The molecule has 1 rings (SSSR count). The molecule has 0 unspecified atom stereocenters. The molecule has 0 saturated carbocycles. The molecular weight excluding hydrogens is 349 g/mol. The number of amides is 1. The second-order valence-corrected chi connectivity index (χ2v) is 6.56. The van der Waals surface area contributed by atoms with E-state index < -0.39 is 35.7 Å². The van der Waals surface area contributed by atoms with Crippen molar-refractivity contribution < 1.29 is 27.9 Å². The van der Waals surface area contributed by atoms with Crippen molar-refractivity contribution in [3.05, 3.63) is 35.4 Å². The number of hydrogen-bond acceptors (Lipinski definition) is 3. The van der Waals surface area contributed by atoms with Crippen LogP contribution in [0.5, 0.6) is 0 Å². The largest absolute Gasteiger partial charge is 0.480 e. The minimum atomic E-state index is -4.45. The molecule has 1 amide bonds. The zero-order chi connectivity index (χ0) is 19.9. The molecule has 5 nitrogen and oxygen atoms in total. The lowest BCUT2D eigenvalue weighted by Crippen LogP contribution is -2.51. The quantitative estimate of drug-likeness (QED) is 0.620. The molecule has 0 saturated heterocycles. The third kappa shape index (κ3) is 7.03. The summed E-state index contributed by atoms with van der Waals surface area (Å²) in [5.41, 5.74) is -0.459. The average Bonchev–Trinajstić information content (AvgIpc) is 2.55. The van der Waals surface area contributed by atoms with Crippen molar-refractivity contribution in [1.29, 1.82) is 0 Å². The molecule has 0 bridgehead atoms. The smallest absolute Gasteiger partial charge is 0.416 e. The maximum absolute atomic E-state index is 12.7. The third-order valence-corrected chi connectivity index (χ3v) is 3.85. The van der Waals surface area contributed by atoms with Crippen LogP contribution in [-0.2, 0) is 22.3 Å². The number of carbonyl (C=O) groups excluding carboxylic acids is 1. The van der Waals surface area contributed by atoms with E-state index in [0.717, 1.165) is 12.1 Å². The van der Waals surface area contributed by atoms with E-state index in [1.165, 1.54) is 12.1 Å². The molecule has 146 valence electrons. The number of carboxylic acid groups (broad SMARTS) is 1. The first-order chi connectivity index (χ1) is 12.0. The van der Waals surface area contributed by atoms with Crippen LogP contribution in [0, 0.1) is 5.92 Å². The number of carboxylic acids is 1. The van der Waals surface area contributed by atoms with Gasteiger partial charge >= 0.3 is 12.1 Å². The van der Waals surface area contributed by atoms with Crippen LogP contribution < -0.4 is 10.6 Å². The standard InChI is InChI=1S/C18H25F3N2O3/c1-4-14(17(25)26)23-15(8-11(2)3)16(24)22-10-12-6-5-7-13(9-12)18(19,20)21/h5-7,9,11,14-15,23H,4,8,10H2,1-3H3,(H,22,24)(H,25,26)/t14-,15+/m1/s1. The lowest BCUT2D eigenvalue weighted by atomic mass is 10.0. The first-order valence-electron chi connectivity index (χ1n) is 8.47. The summed E-state index contributed by atoms with van der Waals surface area (Å²) >= 11 is 0. The lowest BCUT2D eigenvalue weighted by Gasteiger charge is -2.23. The Morgan fingerprint density at radius 1 is 1.19 bits per heavy atom. The molecule has 0 spiro atoms. The van der Waals surface area contributed by atoms with Crippen molar-refractivity contribution >= 4 is 11.9 Å². The zero-order valence-corrected chi connectivity index (χ0v) is 15.1.